The number of fused-ring (bicyclic) bond motifs is 6. The summed E-state index contributed by atoms with van der Waals surface area (Å²) in [5, 5.41) is 6.50. The van der Waals surface area contributed by atoms with Gasteiger partial charge in [0.2, 0.25) is 0 Å². The number of methoxy groups -OCH3 is 2. The third kappa shape index (κ3) is 24.4. The van der Waals surface area contributed by atoms with Gasteiger partial charge in [-0.15, -0.1) is 0 Å². The van der Waals surface area contributed by atoms with Gasteiger partial charge in [-0.3, -0.25) is 9.59 Å². The Bertz CT molecular complexity index is 2030. The van der Waals surface area contributed by atoms with Crippen molar-refractivity contribution in [3.8, 4) is 34.5 Å². The minimum Gasteiger partial charge on any atom is -0.490 e. The first-order valence-corrected chi connectivity index (χ1v) is 30.8. The maximum atomic E-state index is 11.5. The Morgan fingerprint density at radius 3 is 0.618 bits per heavy atom. The lowest BCUT2D eigenvalue weighted by Crippen LogP contribution is -2.05. The summed E-state index contributed by atoms with van der Waals surface area (Å²) < 4.78 is 50.0. The number of benzene rings is 4. The molecule has 0 unspecified atom stereocenters. The number of carbonyl (C=O) groups is 2. The number of hydrogen-bond acceptors (Lipinski definition) is 10. The summed E-state index contributed by atoms with van der Waals surface area (Å²) in [5.41, 5.74) is 0. The van der Waals surface area contributed by atoms with E-state index in [9.17, 15) is 9.59 Å². The third-order valence-corrected chi connectivity index (χ3v) is 14.7. The molecule has 0 amide bonds. The van der Waals surface area contributed by atoms with E-state index in [1.165, 1.54) is 91.3 Å². The molecule has 0 aliphatic carbocycles. The van der Waals surface area contributed by atoms with Crippen LogP contribution in [0.5, 0.6) is 34.5 Å². The molecule has 4 rings (SSSR count). The molecule has 0 saturated carbocycles. The molecule has 0 spiro atoms. The molecule has 0 N–H and O–H groups in total. The quantitative estimate of drug-likeness (QED) is 0.0241. The second-order valence-corrected chi connectivity index (χ2v) is 21.2. The van der Waals surface area contributed by atoms with Crippen molar-refractivity contribution in [3.05, 3.63) is 36.4 Å². The second-order valence-electron chi connectivity index (χ2n) is 21.2. The molecule has 0 aromatic heterocycles. The molecule has 10 heteroatoms. The molecule has 4 aromatic rings. The van der Waals surface area contributed by atoms with Crippen molar-refractivity contribution in [1.29, 1.82) is 0 Å². The molecule has 0 heterocycles. The van der Waals surface area contributed by atoms with Crippen molar-refractivity contribution in [1.82, 2.24) is 0 Å². The van der Waals surface area contributed by atoms with Crippen molar-refractivity contribution in [3.63, 3.8) is 0 Å². The smallest absolute Gasteiger partial charge is 0.305 e. The lowest BCUT2D eigenvalue weighted by Gasteiger charge is -2.21. The number of carbonyl (C=O) groups excluding carboxylic acids is 2. The molecule has 0 aliphatic heterocycles. The molecular formula is C66H104O10. The molecule has 0 atom stereocenters. The first-order chi connectivity index (χ1) is 37.4. The van der Waals surface area contributed by atoms with E-state index in [1.54, 1.807) is 0 Å². The highest BCUT2D eigenvalue weighted by atomic mass is 16.5. The van der Waals surface area contributed by atoms with E-state index in [0.717, 1.165) is 195 Å². The van der Waals surface area contributed by atoms with Gasteiger partial charge in [0.25, 0.3) is 0 Å². The van der Waals surface area contributed by atoms with Crippen LogP contribution in [0.25, 0.3) is 32.3 Å². The zero-order valence-corrected chi connectivity index (χ0v) is 48.8. The number of esters is 2. The molecule has 428 valence electrons. The first kappa shape index (κ1) is 63.9. The Morgan fingerprint density at radius 2 is 0.434 bits per heavy atom. The zero-order valence-electron chi connectivity index (χ0n) is 48.8. The van der Waals surface area contributed by atoms with E-state index >= 15 is 0 Å². The maximum Gasteiger partial charge on any atom is 0.305 e. The van der Waals surface area contributed by atoms with Gasteiger partial charge < -0.3 is 37.9 Å². The van der Waals surface area contributed by atoms with E-state index in [4.69, 9.17) is 37.9 Å². The van der Waals surface area contributed by atoms with Crippen molar-refractivity contribution in [2.45, 2.75) is 246 Å². The Kier molecular flexibility index (Phi) is 34.1. The molecule has 4 aromatic carbocycles. The maximum absolute atomic E-state index is 11.5. The van der Waals surface area contributed by atoms with Gasteiger partial charge in [0.05, 0.1) is 53.9 Å². The fourth-order valence-corrected chi connectivity index (χ4v) is 9.97. The normalized spacial score (nSPS) is 11.4. The van der Waals surface area contributed by atoms with E-state index < -0.39 is 0 Å². The van der Waals surface area contributed by atoms with Crippen LogP contribution in [-0.2, 0) is 19.1 Å². The van der Waals surface area contributed by atoms with Gasteiger partial charge in [-0.25, -0.2) is 0 Å². The van der Waals surface area contributed by atoms with Gasteiger partial charge in [0.1, 0.15) is 0 Å². The van der Waals surface area contributed by atoms with Gasteiger partial charge in [0, 0.05) is 12.8 Å². The Morgan fingerprint density at radius 1 is 0.263 bits per heavy atom. The third-order valence-electron chi connectivity index (χ3n) is 14.7. The Labute approximate surface area is 460 Å². The molecule has 0 saturated heterocycles. The summed E-state index contributed by atoms with van der Waals surface area (Å²) >= 11 is 0. The van der Waals surface area contributed by atoms with Gasteiger partial charge in [0.15, 0.2) is 34.5 Å². The summed E-state index contributed by atoms with van der Waals surface area (Å²) in [4.78, 5) is 23.0. The van der Waals surface area contributed by atoms with Gasteiger partial charge in [-0.05, 0) is 120 Å². The van der Waals surface area contributed by atoms with Gasteiger partial charge >= 0.3 is 11.9 Å². The highest BCUT2D eigenvalue weighted by Gasteiger charge is 2.21. The minimum absolute atomic E-state index is 0.117. The van der Waals surface area contributed by atoms with Crippen LogP contribution in [0.1, 0.15) is 246 Å². The van der Waals surface area contributed by atoms with E-state index in [1.807, 2.05) is 0 Å². The fraction of sp³-hybridized carbons (Fsp3) is 0.697. The van der Waals surface area contributed by atoms with E-state index in [2.05, 4.69) is 64.1 Å². The molecule has 76 heavy (non-hydrogen) atoms. The number of unbranched alkanes of at least 4 members (excludes halogenated alkanes) is 26. The van der Waals surface area contributed by atoms with Crippen molar-refractivity contribution in [2.24, 2.45) is 0 Å². The molecule has 0 fully saturated rings. The minimum atomic E-state index is -0.117. The van der Waals surface area contributed by atoms with Gasteiger partial charge in [-0.1, -0.05) is 182 Å². The van der Waals surface area contributed by atoms with Crippen LogP contribution in [0, 0.1) is 0 Å². The van der Waals surface area contributed by atoms with Crippen LogP contribution in [0.3, 0.4) is 0 Å². The number of hydrogen-bond donors (Lipinski definition) is 0. The van der Waals surface area contributed by atoms with E-state index in [-0.39, 0.29) is 11.9 Å². The van der Waals surface area contributed by atoms with Crippen molar-refractivity contribution in [2.75, 3.05) is 53.9 Å². The summed E-state index contributed by atoms with van der Waals surface area (Å²) in [6.45, 7) is 12.7. The average molecular weight is 1060 g/mol. The zero-order chi connectivity index (χ0) is 54.3. The Balaban J connectivity index is 1.75. The lowest BCUT2D eigenvalue weighted by molar-refractivity contribution is -0.141. The van der Waals surface area contributed by atoms with Crippen LogP contribution in [-0.4, -0.2) is 65.8 Å². The summed E-state index contributed by atoms with van der Waals surface area (Å²) in [7, 11) is 2.92. The summed E-state index contributed by atoms with van der Waals surface area (Å²) in [6.07, 6.45) is 36.4. The van der Waals surface area contributed by atoms with Crippen molar-refractivity contribution >= 4 is 44.3 Å². The molecular weight excluding hydrogens is 953 g/mol. The predicted octanol–water partition coefficient (Wildman–Crippen LogP) is 19.1. The average Bonchev–Trinajstić information content (AvgIpc) is 3.44. The number of rotatable bonds is 48. The lowest BCUT2D eigenvalue weighted by atomic mass is 9.93. The highest BCUT2D eigenvalue weighted by Crippen LogP contribution is 2.47. The SMILES string of the molecule is CCCCCCOc1cc2c3cc(OCCCCCC)c(OCCCCCC)cc3c3cc(OCCCCCCCCCCC(=O)OC)c(OCCCCCCCCCCC(=O)OC)cc3c2cc1OCCCCCC. The van der Waals surface area contributed by atoms with E-state index in [0.29, 0.717) is 52.5 Å². The van der Waals surface area contributed by atoms with Crippen LogP contribution in [0.2, 0.25) is 0 Å². The van der Waals surface area contributed by atoms with Crippen LogP contribution in [0.4, 0.5) is 0 Å². The Hall–Kier alpha value is -4.60. The predicted molar refractivity (Wildman–Crippen MR) is 316 cm³/mol. The topological polar surface area (TPSA) is 108 Å². The van der Waals surface area contributed by atoms with Crippen LogP contribution in [0.15, 0.2) is 36.4 Å². The molecule has 0 bridgehead atoms. The van der Waals surface area contributed by atoms with Crippen LogP contribution >= 0.6 is 0 Å². The number of ether oxygens (including phenoxy) is 8. The summed E-state index contributed by atoms with van der Waals surface area (Å²) in [6, 6.07) is 13.3. The summed E-state index contributed by atoms with van der Waals surface area (Å²) in [5.74, 6) is 4.44. The molecule has 10 nitrogen and oxygen atoms in total. The van der Waals surface area contributed by atoms with Crippen LogP contribution < -0.4 is 28.4 Å². The first-order valence-electron chi connectivity index (χ1n) is 30.8. The molecule has 0 radical (unpaired) electrons. The largest absolute Gasteiger partial charge is 0.490 e. The highest BCUT2D eigenvalue weighted by molar-refractivity contribution is 6.26. The standard InChI is InChI=1S/C66H104O10/c1-7-11-15-33-41-71-59-47-53-54-48-60(72-42-34-16-12-8-2)62(74-44-36-18-14-10-4)50-56(54)58-52-64(76-46-38-30-26-22-20-24-28-32-40-66(68)70-6)63(51-57(58)55(53)49-61(59)73-43-35-17-13-9-3)75-45-37-29-25-21-19-23-27-31-39-65(67)69-5/h47-52H,7-46H2,1-6H3. The van der Waals surface area contributed by atoms with Crippen molar-refractivity contribution < 1.29 is 47.5 Å². The molecule has 0 aliphatic rings. The second kappa shape index (κ2) is 40.6. The van der Waals surface area contributed by atoms with Gasteiger partial charge in [-0.2, -0.15) is 0 Å². The monoisotopic (exact) mass is 1060 g/mol. The fourth-order valence-electron chi connectivity index (χ4n) is 9.97.